The van der Waals surface area contributed by atoms with Gasteiger partial charge >= 0.3 is 0 Å². The second kappa shape index (κ2) is 6.08. The van der Waals surface area contributed by atoms with E-state index in [0.717, 1.165) is 22.9 Å². The molecule has 6 heteroatoms. The summed E-state index contributed by atoms with van der Waals surface area (Å²) < 4.78 is 0. The Hall–Kier alpha value is -2.17. The van der Waals surface area contributed by atoms with Crippen molar-refractivity contribution >= 4 is 46.1 Å². The van der Waals surface area contributed by atoms with Gasteiger partial charge in [0, 0.05) is 21.4 Å². The van der Waals surface area contributed by atoms with Gasteiger partial charge in [0.05, 0.1) is 6.20 Å². The topological polar surface area (TPSA) is 52.7 Å². The number of halogens is 2. The fourth-order valence-corrected chi connectivity index (χ4v) is 2.29. The van der Waals surface area contributed by atoms with E-state index < -0.39 is 0 Å². The summed E-state index contributed by atoms with van der Waals surface area (Å²) in [5.41, 5.74) is 2.58. The molecule has 0 aliphatic rings. The molecule has 0 bridgehead atoms. The first-order valence-electron chi connectivity index (χ1n) is 6.29. The van der Waals surface area contributed by atoms with E-state index in [2.05, 4.69) is 20.8 Å². The van der Waals surface area contributed by atoms with E-state index in [1.54, 1.807) is 6.20 Å². The van der Waals surface area contributed by atoms with Crippen molar-refractivity contribution in [3.63, 3.8) is 0 Å². The fraction of sp³-hybridized carbons (Fsp3) is 0. The molecule has 3 aromatic rings. The summed E-state index contributed by atoms with van der Waals surface area (Å²) in [5, 5.41) is 14.8. The number of hydrogen-bond acceptors (Lipinski definition) is 3. The van der Waals surface area contributed by atoms with Gasteiger partial charge in [-0.25, -0.2) is 0 Å². The minimum absolute atomic E-state index is 0.670. The van der Waals surface area contributed by atoms with Crippen LogP contribution in [-0.4, -0.2) is 10.2 Å². The van der Waals surface area contributed by atoms with Gasteiger partial charge in [-0.15, -0.1) is 0 Å². The number of H-pyrrole nitrogens is 1. The van der Waals surface area contributed by atoms with Gasteiger partial charge in [0.1, 0.15) is 11.5 Å². The molecule has 0 unspecified atom stereocenters. The summed E-state index contributed by atoms with van der Waals surface area (Å²) in [6.07, 6.45) is 1.70. The highest BCUT2D eigenvalue weighted by molar-refractivity contribution is 6.31. The lowest BCUT2D eigenvalue weighted by Gasteiger charge is -2.09. The first kappa shape index (κ1) is 13.8. The average Bonchev–Trinajstić information content (AvgIpc) is 2.86. The molecule has 1 heterocycles. The molecule has 0 saturated heterocycles. The predicted molar refractivity (Wildman–Crippen MR) is 88.1 cm³/mol. The molecule has 21 heavy (non-hydrogen) atoms. The largest absolute Gasteiger partial charge is 0.351 e. The van der Waals surface area contributed by atoms with Gasteiger partial charge in [0.2, 0.25) is 0 Å². The van der Waals surface area contributed by atoms with Gasteiger partial charge in [0.15, 0.2) is 0 Å². The summed E-state index contributed by atoms with van der Waals surface area (Å²) in [6, 6.07) is 15.0. The van der Waals surface area contributed by atoms with Crippen LogP contribution in [0.4, 0.5) is 22.9 Å². The van der Waals surface area contributed by atoms with Gasteiger partial charge < -0.3 is 10.6 Å². The molecule has 4 nitrogen and oxygen atoms in total. The van der Waals surface area contributed by atoms with Crippen LogP contribution < -0.4 is 10.6 Å². The van der Waals surface area contributed by atoms with Crippen LogP contribution in [0.15, 0.2) is 54.7 Å². The normalized spacial score (nSPS) is 10.4. The van der Waals surface area contributed by atoms with Crippen molar-refractivity contribution in [3.8, 4) is 0 Å². The number of anilines is 4. The molecular formula is C15H12Cl2N4. The van der Waals surface area contributed by atoms with Crippen LogP contribution in [0, 0.1) is 0 Å². The maximum absolute atomic E-state index is 5.98. The van der Waals surface area contributed by atoms with Crippen molar-refractivity contribution in [2.75, 3.05) is 10.6 Å². The third-order valence-corrected chi connectivity index (χ3v) is 3.31. The summed E-state index contributed by atoms with van der Waals surface area (Å²) in [5.74, 6) is 0.747. The molecule has 0 radical (unpaired) electrons. The van der Waals surface area contributed by atoms with Gasteiger partial charge in [-0.05, 0) is 36.4 Å². The Morgan fingerprint density at radius 1 is 0.857 bits per heavy atom. The van der Waals surface area contributed by atoms with Crippen LogP contribution in [0.3, 0.4) is 0 Å². The molecule has 0 spiro atoms. The van der Waals surface area contributed by atoms with E-state index in [1.807, 2.05) is 48.5 Å². The number of nitrogens with one attached hydrogen (secondary N) is 3. The minimum Gasteiger partial charge on any atom is -0.351 e. The number of benzene rings is 2. The van der Waals surface area contributed by atoms with Crippen LogP contribution >= 0.6 is 23.2 Å². The van der Waals surface area contributed by atoms with E-state index in [9.17, 15) is 0 Å². The summed E-state index contributed by atoms with van der Waals surface area (Å²) in [7, 11) is 0. The zero-order chi connectivity index (χ0) is 14.7. The highest BCUT2D eigenvalue weighted by Crippen LogP contribution is 2.27. The number of aromatic nitrogens is 2. The van der Waals surface area contributed by atoms with Crippen LogP contribution in [0.2, 0.25) is 10.0 Å². The van der Waals surface area contributed by atoms with Crippen LogP contribution in [0.5, 0.6) is 0 Å². The molecule has 0 fully saturated rings. The van der Waals surface area contributed by atoms with E-state index >= 15 is 0 Å². The second-order valence-corrected chi connectivity index (χ2v) is 5.30. The zero-order valence-electron chi connectivity index (χ0n) is 10.9. The Morgan fingerprint density at radius 2 is 1.48 bits per heavy atom. The van der Waals surface area contributed by atoms with E-state index in [4.69, 9.17) is 23.2 Å². The lowest BCUT2D eigenvalue weighted by molar-refractivity contribution is 1.09. The number of aromatic amines is 1. The van der Waals surface area contributed by atoms with Gasteiger partial charge in [-0.2, -0.15) is 5.10 Å². The molecular weight excluding hydrogens is 307 g/mol. The molecule has 0 aliphatic heterocycles. The molecule has 3 N–H and O–H groups in total. The van der Waals surface area contributed by atoms with E-state index in [1.165, 1.54) is 0 Å². The van der Waals surface area contributed by atoms with Crippen molar-refractivity contribution in [1.29, 1.82) is 0 Å². The molecule has 0 atom stereocenters. The van der Waals surface area contributed by atoms with E-state index in [-0.39, 0.29) is 0 Å². The number of nitrogens with zero attached hydrogens (tertiary/aromatic N) is 1. The van der Waals surface area contributed by atoms with E-state index in [0.29, 0.717) is 10.0 Å². The Bertz CT molecular complexity index is 693. The standard InChI is InChI=1S/C15H12Cl2N4/c16-10-3-1-5-12(7-10)19-14-9-18-21-15(14)20-13-6-2-4-11(17)8-13/h1-9,19H,(H2,18,20,21). The SMILES string of the molecule is Clc1cccc(Nc2cn[nH]c2Nc2cccc(Cl)c2)c1. The lowest BCUT2D eigenvalue weighted by Crippen LogP contribution is -1.96. The number of rotatable bonds is 4. The van der Waals surface area contributed by atoms with Crippen LogP contribution in [0.25, 0.3) is 0 Å². The molecule has 0 aliphatic carbocycles. The fourth-order valence-electron chi connectivity index (χ4n) is 1.91. The molecule has 0 amide bonds. The van der Waals surface area contributed by atoms with Crippen molar-refractivity contribution in [2.45, 2.75) is 0 Å². The minimum atomic E-state index is 0.670. The lowest BCUT2D eigenvalue weighted by atomic mass is 10.3. The molecule has 106 valence electrons. The predicted octanol–water partition coefficient (Wildman–Crippen LogP) is 5.20. The van der Waals surface area contributed by atoms with Crippen molar-refractivity contribution in [2.24, 2.45) is 0 Å². The highest BCUT2D eigenvalue weighted by Gasteiger charge is 2.06. The second-order valence-electron chi connectivity index (χ2n) is 4.43. The molecule has 1 aromatic heterocycles. The maximum atomic E-state index is 5.98. The third kappa shape index (κ3) is 3.48. The highest BCUT2D eigenvalue weighted by atomic mass is 35.5. The van der Waals surface area contributed by atoms with Crippen molar-refractivity contribution in [3.05, 3.63) is 64.8 Å². The Morgan fingerprint density at radius 3 is 2.10 bits per heavy atom. The van der Waals surface area contributed by atoms with Gasteiger partial charge in [0.25, 0.3) is 0 Å². The molecule has 3 rings (SSSR count). The smallest absolute Gasteiger partial charge is 0.150 e. The van der Waals surface area contributed by atoms with Gasteiger partial charge in [-0.3, -0.25) is 5.10 Å². The van der Waals surface area contributed by atoms with Crippen LogP contribution in [0.1, 0.15) is 0 Å². The Labute approximate surface area is 132 Å². The van der Waals surface area contributed by atoms with Crippen molar-refractivity contribution < 1.29 is 0 Å². The Balaban J connectivity index is 1.81. The first-order valence-corrected chi connectivity index (χ1v) is 7.05. The summed E-state index contributed by atoms with van der Waals surface area (Å²) in [4.78, 5) is 0. The maximum Gasteiger partial charge on any atom is 0.150 e. The first-order chi connectivity index (χ1) is 10.2. The molecule has 0 saturated carbocycles. The average molecular weight is 319 g/mol. The quantitative estimate of drug-likeness (QED) is 0.619. The summed E-state index contributed by atoms with van der Waals surface area (Å²) in [6.45, 7) is 0. The molecule has 2 aromatic carbocycles. The van der Waals surface area contributed by atoms with Gasteiger partial charge in [-0.1, -0.05) is 35.3 Å². The zero-order valence-corrected chi connectivity index (χ0v) is 12.4. The van der Waals surface area contributed by atoms with Crippen molar-refractivity contribution in [1.82, 2.24) is 10.2 Å². The summed E-state index contributed by atoms with van der Waals surface area (Å²) >= 11 is 12.0. The Kier molecular flexibility index (Phi) is 3.99. The third-order valence-electron chi connectivity index (χ3n) is 2.84. The monoisotopic (exact) mass is 318 g/mol. The number of hydrogen-bond donors (Lipinski definition) is 3. The van der Waals surface area contributed by atoms with Crippen LogP contribution in [-0.2, 0) is 0 Å².